The Hall–Kier alpha value is -0.940. The molecule has 2 aliphatic rings. The van der Waals surface area contributed by atoms with Crippen LogP contribution in [0.15, 0.2) is 5.38 Å². The number of nitrogens with two attached hydrogens (primary N) is 1. The fraction of sp³-hybridized carbons (Fsp3) is 0.636. The first-order chi connectivity index (χ1) is 7.66. The molecule has 2 fully saturated rings. The molecule has 2 N–H and O–H groups in total. The van der Waals surface area contributed by atoms with Gasteiger partial charge in [-0.1, -0.05) is 0 Å². The molecule has 0 spiro atoms. The highest BCUT2D eigenvalue weighted by molar-refractivity contribution is 7.09. The number of amides is 1. The van der Waals surface area contributed by atoms with Crippen molar-refractivity contribution in [2.45, 2.75) is 44.3 Å². The number of hydrogen-bond acceptors (Lipinski definition) is 4. The number of rotatable bonds is 2. The minimum Gasteiger partial charge on any atom is -0.329 e. The van der Waals surface area contributed by atoms with Crippen molar-refractivity contribution in [2.75, 3.05) is 0 Å². The molecule has 1 aromatic heterocycles. The van der Waals surface area contributed by atoms with Gasteiger partial charge in [0, 0.05) is 29.6 Å². The van der Waals surface area contributed by atoms with E-state index in [1.54, 1.807) is 11.3 Å². The van der Waals surface area contributed by atoms with E-state index in [-0.39, 0.29) is 18.0 Å². The third-order valence-electron chi connectivity index (χ3n) is 3.23. The van der Waals surface area contributed by atoms with E-state index in [2.05, 4.69) is 4.98 Å². The average molecular weight is 237 g/mol. The van der Waals surface area contributed by atoms with Gasteiger partial charge in [-0.05, 0) is 19.8 Å². The highest BCUT2D eigenvalue weighted by Gasteiger charge is 2.46. The number of aromatic nitrogens is 1. The number of nitrogens with zero attached hydrogens (tertiary/aromatic N) is 2. The summed E-state index contributed by atoms with van der Waals surface area (Å²) in [7, 11) is 0. The van der Waals surface area contributed by atoms with Crippen LogP contribution in [0, 0.1) is 6.92 Å². The zero-order valence-electron chi connectivity index (χ0n) is 9.22. The molecule has 4 nitrogen and oxygen atoms in total. The van der Waals surface area contributed by atoms with Crippen molar-refractivity contribution in [3.63, 3.8) is 0 Å². The van der Waals surface area contributed by atoms with Crippen LogP contribution in [-0.2, 0) is 4.79 Å². The maximum atomic E-state index is 11.9. The summed E-state index contributed by atoms with van der Waals surface area (Å²) in [6.07, 6.45) is 2.72. The summed E-state index contributed by atoms with van der Waals surface area (Å²) < 4.78 is 0. The third kappa shape index (κ3) is 1.55. The van der Waals surface area contributed by atoms with Crippen molar-refractivity contribution < 1.29 is 4.79 Å². The van der Waals surface area contributed by atoms with Crippen LogP contribution in [0.1, 0.15) is 36.0 Å². The first-order valence-corrected chi connectivity index (χ1v) is 6.53. The molecule has 1 aromatic rings. The van der Waals surface area contributed by atoms with Crippen molar-refractivity contribution in [3.8, 4) is 0 Å². The van der Waals surface area contributed by atoms with E-state index in [4.69, 9.17) is 5.73 Å². The van der Waals surface area contributed by atoms with E-state index < -0.39 is 0 Å². The number of likely N-dealkylation sites (tertiary alicyclic amines) is 1. The fourth-order valence-electron chi connectivity index (χ4n) is 2.37. The fourth-order valence-corrected chi connectivity index (χ4v) is 3.34. The molecule has 1 saturated carbocycles. The zero-order chi connectivity index (χ0) is 11.3. The van der Waals surface area contributed by atoms with Crippen molar-refractivity contribution in [1.82, 2.24) is 9.88 Å². The Morgan fingerprint density at radius 1 is 1.56 bits per heavy atom. The summed E-state index contributed by atoms with van der Waals surface area (Å²) in [4.78, 5) is 18.3. The van der Waals surface area contributed by atoms with Gasteiger partial charge in [0.1, 0.15) is 5.01 Å². The van der Waals surface area contributed by atoms with Gasteiger partial charge in [0.05, 0.1) is 6.04 Å². The first-order valence-electron chi connectivity index (χ1n) is 5.65. The normalized spacial score (nSPS) is 30.1. The molecule has 2 atom stereocenters. The van der Waals surface area contributed by atoms with Crippen LogP contribution in [0.3, 0.4) is 0 Å². The number of carbonyl (C=O) groups is 1. The second-order valence-corrected chi connectivity index (χ2v) is 5.56. The van der Waals surface area contributed by atoms with Crippen LogP contribution in [0.4, 0.5) is 0 Å². The lowest BCUT2D eigenvalue weighted by atomic mass is 10.1. The molecule has 2 unspecified atom stereocenters. The first kappa shape index (κ1) is 10.2. The quantitative estimate of drug-likeness (QED) is 0.841. The van der Waals surface area contributed by atoms with Crippen LogP contribution < -0.4 is 5.73 Å². The maximum absolute atomic E-state index is 11.9. The summed E-state index contributed by atoms with van der Waals surface area (Å²) in [6, 6.07) is 0.368. The molecule has 86 valence electrons. The van der Waals surface area contributed by atoms with Crippen LogP contribution in [0.5, 0.6) is 0 Å². The smallest absolute Gasteiger partial charge is 0.225 e. The van der Waals surface area contributed by atoms with E-state index in [1.807, 2.05) is 17.2 Å². The topological polar surface area (TPSA) is 59.2 Å². The van der Waals surface area contributed by atoms with Crippen LogP contribution in [0.2, 0.25) is 0 Å². The Kier molecular flexibility index (Phi) is 2.26. The van der Waals surface area contributed by atoms with Crippen molar-refractivity contribution in [1.29, 1.82) is 0 Å². The summed E-state index contributed by atoms with van der Waals surface area (Å²) in [5.41, 5.74) is 7.09. The lowest BCUT2D eigenvalue weighted by Crippen LogP contribution is -2.34. The van der Waals surface area contributed by atoms with E-state index in [0.717, 1.165) is 23.5 Å². The predicted molar refractivity (Wildman–Crippen MR) is 62.1 cm³/mol. The van der Waals surface area contributed by atoms with Crippen LogP contribution in [-0.4, -0.2) is 27.9 Å². The second-order valence-electron chi connectivity index (χ2n) is 4.67. The van der Waals surface area contributed by atoms with Crippen LogP contribution >= 0.6 is 11.3 Å². The van der Waals surface area contributed by atoms with Gasteiger partial charge in [0.2, 0.25) is 5.91 Å². The van der Waals surface area contributed by atoms with E-state index >= 15 is 0 Å². The molecule has 3 rings (SSSR count). The standard InChI is InChI=1S/C11H15N3OS/c1-6-5-16-11(13-6)10-8(12)4-9(15)14(10)7-2-3-7/h5,7-8,10H,2-4,12H2,1H3. The minimum absolute atomic E-state index is 0.0266. The Bertz CT molecular complexity index is 427. The number of carbonyl (C=O) groups excluding carboxylic acids is 1. The Morgan fingerprint density at radius 2 is 2.31 bits per heavy atom. The number of hydrogen-bond donors (Lipinski definition) is 1. The summed E-state index contributed by atoms with van der Waals surface area (Å²) >= 11 is 1.62. The van der Waals surface area contributed by atoms with Gasteiger partial charge < -0.3 is 10.6 Å². The molecule has 2 heterocycles. The van der Waals surface area contributed by atoms with Gasteiger partial charge in [0.25, 0.3) is 0 Å². The molecular weight excluding hydrogens is 222 g/mol. The molecule has 1 aliphatic heterocycles. The largest absolute Gasteiger partial charge is 0.329 e. The molecule has 1 saturated heterocycles. The van der Waals surface area contributed by atoms with E-state index in [9.17, 15) is 4.79 Å². The van der Waals surface area contributed by atoms with Crippen LogP contribution in [0.25, 0.3) is 0 Å². The second kappa shape index (κ2) is 3.53. The van der Waals surface area contributed by atoms with Gasteiger partial charge in [-0.15, -0.1) is 11.3 Å². The Balaban J connectivity index is 1.93. The van der Waals surface area contributed by atoms with Gasteiger partial charge >= 0.3 is 0 Å². The monoisotopic (exact) mass is 237 g/mol. The van der Waals surface area contributed by atoms with Gasteiger partial charge in [-0.2, -0.15) is 0 Å². The number of aryl methyl sites for hydroxylation is 1. The summed E-state index contributed by atoms with van der Waals surface area (Å²) in [5.74, 6) is 0.202. The molecule has 0 radical (unpaired) electrons. The Morgan fingerprint density at radius 3 is 2.88 bits per heavy atom. The lowest BCUT2D eigenvalue weighted by Gasteiger charge is -2.24. The zero-order valence-corrected chi connectivity index (χ0v) is 10.0. The summed E-state index contributed by atoms with van der Waals surface area (Å²) in [5, 5.41) is 3.03. The highest BCUT2D eigenvalue weighted by Crippen LogP contribution is 2.41. The lowest BCUT2D eigenvalue weighted by molar-refractivity contribution is -0.129. The number of thiazole rings is 1. The van der Waals surface area contributed by atoms with Crippen molar-refractivity contribution in [3.05, 3.63) is 16.1 Å². The van der Waals surface area contributed by atoms with Gasteiger partial charge in [0.15, 0.2) is 0 Å². The summed E-state index contributed by atoms with van der Waals surface area (Å²) in [6.45, 7) is 1.98. The maximum Gasteiger partial charge on any atom is 0.225 e. The molecule has 16 heavy (non-hydrogen) atoms. The minimum atomic E-state index is -0.0846. The van der Waals surface area contributed by atoms with E-state index in [1.165, 1.54) is 0 Å². The van der Waals surface area contributed by atoms with Gasteiger partial charge in [-0.25, -0.2) is 4.98 Å². The average Bonchev–Trinajstić information content (AvgIpc) is 2.90. The van der Waals surface area contributed by atoms with Crippen molar-refractivity contribution in [2.24, 2.45) is 5.73 Å². The molecular formula is C11H15N3OS. The molecule has 1 amide bonds. The molecule has 0 aromatic carbocycles. The highest BCUT2D eigenvalue weighted by atomic mass is 32.1. The molecule has 0 bridgehead atoms. The van der Waals surface area contributed by atoms with E-state index in [0.29, 0.717) is 12.5 Å². The Labute approximate surface area is 98.5 Å². The van der Waals surface area contributed by atoms with Gasteiger partial charge in [-0.3, -0.25) is 4.79 Å². The SMILES string of the molecule is Cc1csc(C2C(N)CC(=O)N2C2CC2)n1. The molecule has 5 heteroatoms. The third-order valence-corrected chi connectivity index (χ3v) is 4.27. The van der Waals surface area contributed by atoms with Crippen molar-refractivity contribution >= 4 is 17.2 Å². The predicted octanol–water partition coefficient (Wildman–Crippen LogP) is 1.21. The molecule has 1 aliphatic carbocycles.